The highest BCUT2D eigenvalue weighted by molar-refractivity contribution is 8.00. The van der Waals surface area contributed by atoms with Crippen LogP contribution in [-0.4, -0.2) is 25.0 Å². The third-order valence-corrected chi connectivity index (χ3v) is 3.76. The van der Waals surface area contributed by atoms with Crippen LogP contribution in [0.4, 0.5) is 4.39 Å². The van der Waals surface area contributed by atoms with Crippen LogP contribution in [0.3, 0.4) is 0 Å². The van der Waals surface area contributed by atoms with Crippen LogP contribution in [0.25, 0.3) is 0 Å². The van der Waals surface area contributed by atoms with E-state index in [9.17, 15) is 4.39 Å². The molecule has 0 saturated carbocycles. The molecule has 2 rings (SSSR count). The highest BCUT2D eigenvalue weighted by Gasteiger charge is 2.20. The van der Waals surface area contributed by atoms with Gasteiger partial charge in [-0.05, 0) is 37.1 Å². The SMILES string of the molecule is NCCCc1ccc(SC2COC2)c(F)c1. The van der Waals surface area contributed by atoms with E-state index in [1.54, 1.807) is 17.8 Å². The van der Waals surface area contributed by atoms with Gasteiger partial charge in [-0.3, -0.25) is 0 Å². The molecule has 16 heavy (non-hydrogen) atoms. The fraction of sp³-hybridized carbons (Fsp3) is 0.500. The number of aryl methyl sites for hydroxylation is 1. The molecule has 0 spiro atoms. The number of halogens is 1. The number of ether oxygens (including phenoxy) is 1. The summed E-state index contributed by atoms with van der Waals surface area (Å²) in [5.74, 6) is -0.119. The number of hydrogen-bond acceptors (Lipinski definition) is 3. The number of thioether (sulfide) groups is 1. The lowest BCUT2D eigenvalue weighted by atomic mass is 10.1. The predicted octanol–water partition coefficient (Wildman–Crippen LogP) is 2.21. The van der Waals surface area contributed by atoms with Crippen LogP contribution in [0.2, 0.25) is 0 Å². The van der Waals surface area contributed by atoms with E-state index in [2.05, 4.69) is 0 Å². The van der Waals surface area contributed by atoms with Crippen molar-refractivity contribution in [3.63, 3.8) is 0 Å². The summed E-state index contributed by atoms with van der Waals surface area (Å²) < 4.78 is 18.8. The first-order chi connectivity index (χ1) is 7.79. The molecule has 1 aromatic carbocycles. The van der Waals surface area contributed by atoms with E-state index >= 15 is 0 Å². The van der Waals surface area contributed by atoms with Gasteiger partial charge in [-0.15, -0.1) is 11.8 Å². The summed E-state index contributed by atoms with van der Waals surface area (Å²) in [7, 11) is 0. The standard InChI is InChI=1S/C12H16FNOS/c13-11-6-9(2-1-5-14)3-4-12(11)16-10-7-15-8-10/h3-4,6,10H,1-2,5,7-8,14H2. The lowest BCUT2D eigenvalue weighted by Gasteiger charge is -2.25. The van der Waals surface area contributed by atoms with Gasteiger partial charge in [0, 0.05) is 4.90 Å². The molecule has 0 aromatic heterocycles. The largest absolute Gasteiger partial charge is 0.379 e. The summed E-state index contributed by atoms with van der Waals surface area (Å²) in [6, 6.07) is 5.47. The third kappa shape index (κ3) is 2.97. The van der Waals surface area contributed by atoms with Crippen LogP contribution in [0.15, 0.2) is 23.1 Å². The summed E-state index contributed by atoms with van der Waals surface area (Å²) in [5.41, 5.74) is 6.45. The molecule has 2 nitrogen and oxygen atoms in total. The second kappa shape index (κ2) is 5.66. The van der Waals surface area contributed by atoms with E-state index in [0.29, 0.717) is 11.8 Å². The maximum atomic E-state index is 13.7. The molecule has 0 unspecified atom stereocenters. The van der Waals surface area contributed by atoms with Crippen molar-refractivity contribution in [2.24, 2.45) is 5.73 Å². The molecule has 0 radical (unpaired) electrons. The molecule has 1 fully saturated rings. The Hall–Kier alpha value is -0.580. The van der Waals surface area contributed by atoms with Crippen LogP contribution in [0, 0.1) is 5.82 Å². The van der Waals surface area contributed by atoms with Gasteiger partial charge in [-0.2, -0.15) is 0 Å². The fourth-order valence-corrected chi connectivity index (χ4v) is 2.57. The summed E-state index contributed by atoms with van der Waals surface area (Å²) >= 11 is 1.56. The molecule has 1 heterocycles. The van der Waals surface area contributed by atoms with Crippen LogP contribution < -0.4 is 5.73 Å². The van der Waals surface area contributed by atoms with E-state index in [1.165, 1.54) is 0 Å². The van der Waals surface area contributed by atoms with E-state index in [-0.39, 0.29) is 5.82 Å². The minimum Gasteiger partial charge on any atom is -0.379 e. The molecule has 0 amide bonds. The summed E-state index contributed by atoms with van der Waals surface area (Å²) in [4.78, 5) is 0.727. The second-order valence-electron chi connectivity index (χ2n) is 3.93. The van der Waals surface area contributed by atoms with E-state index < -0.39 is 0 Å². The molecule has 1 aromatic rings. The second-order valence-corrected chi connectivity index (χ2v) is 5.28. The van der Waals surface area contributed by atoms with Crippen LogP contribution >= 0.6 is 11.8 Å². The molecular formula is C12H16FNOS. The average Bonchev–Trinajstić information content (AvgIpc) is 2.22. The quantitative estimate of drug-likeness (QED) is 0.858. The van der Waals surface area contributed by atoms with Crippen molar-refractivity contribution >= 4 is 11.8 Å². The van der Waals surface area contributed by atoms with Crippen molar-refractivity contribution in [2.75, 3.05) is 19.8 Å². The maximum Gasteiger partial charge on any atom is 0.137 e. The molecule has 1 aliphatic rings. The Balaban J connectivity index is 1.97. The van der Waals surface area contributed by atoms with Crippen molar-refractivity contribution in [1.29, 1.82) is 0 Å². The molecule has 0 atom stereocenters. The Morgan fingerprint density at radius 3 is 2.81 bits per heavy atom. The van der Waals surface area contributed by atoms with Gasteiger partial charge in [-0.1, -0.05) is 6.07 Å². The normalized spacial score (nSPS) is 16.1. The number of benzene rings is 1. The highest BCUT2D eigenvalue weighted by Crippen LogP contribution is 2.30. The third-order valence-electron chi connectivity index (χ3n) is 2.57. The molecule has 0 aliphatic carbocycles. The molecule has 1 saturated heterocycles. The zero-order valence-electron chi connectivity index (χ0n) is 9.12. The zero-order chi connectivity index (χ0) is 11.4. The Morgan fingerprint density at radius 2 is 2.25 bits per heavy atom. The van der Waals surface area contributed by atoms with E-state index in [0.717, 1.165) is 36.5 Å². The van der Waals surface area contributed by atoms with Crippen molar-refractivity contribution < 1.29 is 9.13 Å². The van der Waals surface area contributed by atoms with Gasteiger partial charge in [0.05, 0.1) is 18.5 Å². The van der Waals surface area contributed by atoms with Gasteiger partial charge < -0.3 is 10.5 Å². The van der Waals surface area contributed by atoms with Crippen molar-refractivity contribution in [3.05, 3.63) is 29.6 Å². The summed E-state index contributed by atoms with van der Waals surface area (Å²) in [6.07, 6.45) is 1.76. The van der Waals surface area contributed by atoms with Crippen molar-refractivity contribution in [2.45, 2.75) is 23.0 Å². The average molecular weight is 241 g/mol. The molecule has 1 aliphatic heterocycles. The Kier molecular flexibility index (Phi) is 4.21. The summed E-state index contributed by atoms with van der Waals surface area (Å²) in [6.45, 7) is 2.12. The smallest absolute Gasteiger partial charge is 0.137 e. The number of nitrogens with two attached hydrogens (primary N) is 1. The topological polar surface area (TPSA) is 35.2 Å². The van der Waals surface area contributed by atoms with Crippen LogP contribution in [-0.2, 0) is 11.2 Å². The van der Waals surface area contributed by atoms with Gasteiger partial charge in [0.15, 0.2) is 0 Å². The molecule has 4 heteroatoms. The Bertz CT molecular complexity index is 355. The van der Waals surface area contributed by atoms with Gasteiger partial charge in [0.25, 0.3) is 0 Å². The summed E-state index contributed by atoms with van der Waals surface area (Å²) in [5, 5.41) is 0.421. The maximum absolute atomic E-state index is 13.7. The fourth-order valence-electron chi connectivity index (χ4n) is 1.56. The van der Waals surface area contributed by atoms with Gasteiger partial charge >= 0.3 is 0 Å². The van der Waals surface area contributed by atoms with E-state index in [4.69, 9.17) is 10.5 Å². The van der Waals surface area contributed by atoms with Crippen LogP contribution in [0.1, 0.15) is 12.0 Å². The minimum absolute atomic E-state index is 0.119. The zero-order valence-corrected chi connectivity index (χ0v) is 9.93. The molecule has 2 N–H and O–H groups in total. The lowest BCUT2D eigenvalue weighted by Crippen LogP contribution is -2.30. The molecule has 88 valence electrons. The predicted molar refractivity (Wildman–Crippen MR) is 64.2 cm³/mol. The first-order valence-corrected chi connectivity index (χ1v) is 6.40. The first kappa shape index (κ1) is 11.9. The van der Waals surface area contributed by atoms with Gasteiger partial charge in [-0.25, -0.2) is 4.39 Å². The molecule has 0 bridgehead atoms. The van der Waals surface area contributed by atoms with Crippen LogP contribution in [0.5, 0.6) is 0 Å². The minimum atomic E-state index is -0.119. The Labute approximate surface area is 99.4 Å². The number of rotatable bonds is 5. The van der Waals surface area contributed by atoms with E-state index in [1.807, 2.05) is 12.1 Å². The molecular weight excluding hydrogens is 225 g/mol. The first-order valence-electron chi connectivity index (χ1n) is 5.52. The van der Waals surface area contributed by atoms with Gasteiger partial charge in [0.2, 0.25) is 0 Å². The van der Waals surface area contributed by atoms with Crippen molar-refractivity contribution in [1.82, 2.24) is 0 Å². The lowest BCUT2D eigenvalue weighted by molar-refractivity contribution is 0.0455. The monoisotopic (exact) mass is 241 g/mol. The Morgan fingerprint density at radius 1 is 1.44 bits per heavy atom. The van der Waals surface area contributed by atoms with Gasteiger partial charge in [0.1, 0.15) is 5.82 Å². The highest BCUT2D eigenvalue weighted by atomic mass is 32.2. The van der Waals surface area contributed by atoms with Crippen molar-refractivity contribution in [3.8, 4) is 0 Å². The number of hydrogen-bond donors (Lipinski definition) is 1.